The molecule has 2 aliphatic rings. The molecule has 0 aromatic heterocycles. The molecule has 1 amide bonds. The molecule has 2 heterocycles. The van der Waals surface area contributed by atoms with Crippen LogP contribution in [0.4, 0.5) is 4.39 Å². The van der Waals surface area contributed by atoms with Gasteiger partial charge in [0.2, 0.25) is 5.91 Å². The fourth-order valence-corrected chi connectivity index (χ4v) is 5.11. The molecule has 0 N–H and O–H groups in total. The molecule has 2 aliphatic heterocycles. The second-order valence-corrected chi connectivity index (χ2v) is 8.75. The molecule has 0 aliphatic carbocycles. The van der Waals surface area contributed by atoms with Gasteiger partial charge in [-0.25, -0.2) is 12.8 Å². The highest BCUT2D eigenvalue weighted by molar-refractivity contribution is 7.91. The van der Waals surface area contributed by atoms with E-state index < -0.39 is 9.84 Å². The van der Waals surface area contributed by atoms with Crippen molar-refractivity contribution >= 4 is 15.7 Å². The van der Waals surface area contributed by atoms with Gasteiger partial charge in [-0.2, -0.15) is 0 Å². The highest BCUT2D eigenvalue weighted by Gasteiger charge is 2.34. The SMILES string of the molecule is O=C(CCOc1ccc(F)cc1)N1CCN(C2CCS(=O)(=O)C2)CC1. The third-order valence-electron chi connectivity index (χ3n) is 4.79. The van der Waals surface area contributed by atoms with Crippen molar-refractivity contribution in [3.63, 3.8) is 0 Å². The fourth-order valence-electron chi connectivity index (χ4n) is 3.34. The first-order chi connectivity index (χ1) is 11.9. The van der Waals surface area contributed by atoms with Crippen molar-refractivity contribution in [2.45, 2.75) is 18.9 Å². The normalized spacial score (nSPS) is 23.6. The molecule has 0 bridgehead atoms. The van der Waals surface area contributed by atoms with Crippen molar-refractivity contribution in [2.24, 2.45) is 0 Å². The zero-order valence-electron chi connectivity index (χ0n) is 14.1. The molecular formula is C17H23FN2O4S. The molecule has 3 rings (SSSR count). The molecule has 1 atom stereocenters. The lowest BCUT2D eigenvalue weighted by Gasteiger charge is -2.37. The number of carbonyl (C=O) groups is 1. The van der Waals surface area contributed by atoms with Gasteiger partial charge < -0.3 is 9.64 Å². The number of carbonyl (C=O) groups excluding carboxylic acids is 1. The Balaban J connectivity index is 1.39. The molecule has 2 fully saturated rings. The minimum Gasteiger partial charge on any atom is -0.493 e. The van der Waals surface area contributed by atoms with E-state index in [1.165, 1.54) is 24.3 Å². The smallest absolute Gasteiger partial charge is 0.226 e. The zero-order chi connectivity index (χ0) is 17.9. The van der Waals surface area contributed by atoms with E-state index in [4.69, 9.17) is 4.74 Å². The van der Waals surface area contributed by atoms with Gasteiger partial charge in [-0.3, -0.25) is 9.69 Å². The van der Waals surface area contributed by atoms with Gasteiger partial charge in [-0.05, 0) is 30.7 Å². The Morgan fingerprint density at radius 3 is 2.44 bits per heavy atom. The number of ether oxygens (including phenoxy) is 1. The maximum atomic E-state index is 12.8. The summed E-state index contributed by atoms with van der Waals surface area (Å²) >= 11 is 0. The highest BCUT2D eigenvalue weighted by atomic mass is 32.2. The average Bonchev–Trinajstić information content (AvgIpc) is 2.97. The summed E-state index contributed by atoms with van der Waals surface area (Å²) in [4.78, 5) is 16.2. The van der Waals surface area contributed by atoms with E-state index in [9.17, 15) is 17.6 Å². The standard InChI is InChI=1S/C17H23FN2O4S/c18-14-1-3-16(4-2-14)24-11-5-17(21)20-9-7-19(8-10-20)15-6-12-25(22,23)13-15/h1-4,15H,5-13H2. The lowest BCUT2D eigenvalue weighted by molar-refractivity contribution is -0.133. The summed E-state index contributed by atoms with van der Waals surface area (Å²) < 4.78 is 41.4. The number of piperazine rings is 1. The topological polar surface area (TPSA) is 66.9 Å². The summed E-state index contributed by atoms with van der Waals surface area (Å²) in [5.74, 6) is 0.767. The number of halogens is 1. The summed E-state index contributed by atoms with van der Waals surface area (Å²) in [6, 6.07) is 5.81. The lowest BCUT2D eigenvalue weighted by atomic mass is 10.2. The van der Waals surface area contributed by atoms with Gasteiger partial charge in [0.25, 0.3) is 0 Å². The predicted molar refractivity (Wildman–Crippen MR) is 91.7 cm³/mol. The van der Waals surface area contributed by atoms with Crippen LogP contribution in [0.1, 0.15) is 12.8 Å². The van der Waals surface area contributed by atoms with Crippen LogP contribution >= 0.6 is 0 Å². The summed E-state index contributed by atoms with van der Waals surface area (Å²) in [5.41, 5.74) is 0. The van der Waals surface area contributed by atoms with E-state index in [1.807, 2.05) is 0 Å². The van der Waals surface area contributed by atoms with Gasteiger partial charge in [0.15, 0.2) is 9.84 Å². The molecule has 6 nitrogen and oxygen atoms in total. The van der Waals surface area contributed by atoms with E-state index in [2.05, 4.69) is 4.90 Å². The van der Waals surface area contributed by atoms with Gasteiger partial charge >= 0.3 is 0 Å². The largest absolute Gasteiger partial charge is 0.493 e. The number of benzene rings is 1. The molecule has 138 valence electrons. The van der Waals surface area contributed by atoms with Crippen molar-refractivity contribution in [1.29, 1.82) is 0 Å². The van der Waals surface area contributed by atoms with Crippen molar-refractivity contribution in [3.8, 4) is 5.75 Å². The van der Waals surface area contributed by atoms with Gasteiger partial charge in [-0.1, -0.05) is 0 Å². The fraction of sp³-hybridized carbons (Fsp3) is 0.588. The quantitative estimate of drug-likeness (QED) is 0.771. The summed E-state index contributed by atoms with van der Waals surface area (Å²) in [7, 11) is -2.88. The predicted octanol–water partition coefficient (Wildman–Crippen LogP) is 0.926. The van der Waals surface area contributed by atoms with E-state index in [1.54, 1.807) is 4.90 Å². The highest BCUT2D eigenvalue weighted by Crippen LogP contribution is 2.19. The minimum absolute atomic E-state index is 0.0285. The zero-order valence-corrected chi connectivity index (χ0v) is 14.9. The molecule has 1 unspecified atom stereocenters. The van der Waals surface area contributed by atoms with Crippen LogP contribution in [0.25, 0.3) is 0 Å². The van der Waals surface area contributed by atoms with Crippen LogP contribution in [0.5, 0.6) is 5.75 Å². The Bertz CT molecular complexity index is 700. The van der Waals surface area contributed by atoms with Gasteiger partial charge in [0.1, 0.15) is 11.6 Å². The van der Waals surface area contributed by atoms with Crippen molar-refractivity contribution < 1.29 is 22.3 Å². The van der Waals surface area contributed by atoms with Crippen LogP contribution in [-0.4, -0.2) is 74.5 Å². The molecule has 1 aromatic rings. The monoisotopic (exact) mass is 370 g/mol. The van der Waals surface area contributed by atoms with Crippen LogP contribution in [0.2, 0.25) is 0 Å². The van der Waals surface area contributed by atoms with E-state index >= 15 is 0 Å². The number of sulfone groups is 1. The van der Waals surface area contributed by atoms with Crippen molar-refractivity contribution in [2.75, 3.05) is 44.3 Å². The van der Waals surface area contributed by atoms with Crippen LogP contribution in [0, 0.1) is 5.82 Å². The molecule has 8 heteroatoms. The minimum atomic E-state index is -2.88. The Hall–Kier alpha value is -1.67. The maximum Gasteiger partial charge on any atom is 0.226 e. The second kappa shape index (κ2) is 7.70. The molecule has 0 radical (unpaired) electrons. The third-order valence-corrected chi connectivity index (χ3v) is 6.54. The number of amides is 1. The molecule has 1 aromatic carbocycles. The Morgan fingerprint density at radius 1 is 1.16 bits per heavy atom. The maximum absolute atomic E-state index is 12.8. The molecule has 25 heavy (non-hydrogen) atoms. The summed E-state index contributed by atoms with van der Waals surface area (Å²) in [6.07, 6.45) is 0.969. The number of nitrogens with zero attached hydrogens (tertiary/aromatic N) is 2. The first-order valence-corrected chi connectivity index (χ1v) is 10.4. The molecule has 0 spiro atoms. The summed E-state index contributed by atoms with van der Waals surface area (Å²) in [6.45, 7) is 2.92. The van der Waals surface area contributed by atoms with Crippen LogP contribution < -0.4 is 4.74 Å². The van der Waals surface area contributed by atoms with Gasteiger partial charge in [-0.15, -0.1) is 0 Å². The number of rotatable bonds is 5. The third kappa shape index (κ3) is 4.92. The second-order valence-electron chi connectivity index (χ2n) is 6.53. The van der Waals surface area contributed by atoms with Crippen molar-refractivity contribution in [1.82, 2.24) is 9.80 Å². The number of hydrogen-bond acceptors (Lipinski definition) is 5. The van der Waals surface area contributed by atoms with Crippen LogP contribution in [0.3, 0.4) is 0 Å². The van der Waals surface area contributed by atoms with Crippen LogP contribution in [-0.2, 0) is 14.6 Å². The first-order valence-electron chi connectivity index (χ1n) is 8.53. The average molecular weight is 370 g/mol. The van der Waals surface area contributed by atoms with Crippen molar-refractivity contribution in [3.05, 3.63) is 30.1 Å². The van der Waals surface area contributed by atoms with Gasteiger partial charge in [0, 0.05) is 32.2 Å². The lowest BCUT2D eigenvalue weighted by Crippen LogP contribution is -2.52. The molecular weight excluding hydrogens is 347 g/mol. The van der Waals surface area contributed by atoms with E-state index in [0.717, 1.165) is 0 Å². The first kappa shape index (κ1) is 18.1. The Kier molecular flexibility index (Phi) is 5.58. The molecule has 0 saturated carbocycles. The number of hydrogen-bond donors (Lipinski definition) is 0. The Labute approximate surface area is 147 Å². The Morgan fingerprint density at radius 2 is 1.84 bits per heavy atom. The molecule has 2 saturated heterocycles. The van der Waals surface area contributed by atoms with Gasteiger partial charge in [0.05, 0.1) is 24.5 Å². The van der Waals surface area contributed by atoms with E-state index in [0.29, 0.717) is 38.3 Å². The van der Waals surface area contributed by atoms with E-state index in [-0.39, 0.29) is 42.3 Å². The van der Waals surface area contributed by atoms with Crippen LogP contribution in [0.15, 0.2) is 24.3 Å². The summed E-state index contributed by atoms with van der Waals surface area (Å²) in [5, 5.41) is 0.